The molecule has 0 aliphatic heterocycles. The Kier molecular flexibility index (Phi) is 4.21. The van der Waals surface area contributed by atoms with Crippen LogP contribution in [0.1, 0.15) is 29.0 Å². The van der Waals surface area contributed by atoms with Crippen molar-refractivity contribution in [3.05, 3.63) is 56.7 Å². The molecule has 0 aliphatic rings. The molecule has 1 unspecified atom stereocenters. The van der Waals surface area contributed by atoms with Crippen molar-refractivity contribution in [3.63, 3.8) is 0 Å². The van der Waals surface area contributed by atoms with E-state index in [0.29, 0.717) is 0 Å². The molecule has 1 nitrogen and oxygen atoms in total. The summed E-state index contributed by atoms with van der Waals surface area (Å²) in [5.41, 5.74) is 2.63. The summed E-state index contributed by atoms with van der Waals surface area (Å²) >= 11 is 7.90. The molecule has 1 aromatic carbocycles. The monoisotopic (exact) mass is 265 g/mol. The number of rotatable bonds is 4. The molecule has 1 aromatic heterocycles. The third-order valence-corrected chi connectivity index (χ3v) is 4.31. The predicted molar refractivity (Wildman–Crippen MR) is 76.1 cm³/mol. The molecular weight excluding hydrogens is 250 g/mol. The lowest BCUT2D eigenvalue weighted by molar-refractivity contribution is 0.703. The lowest BCUT2D eigenvalue weighted by Crippen LogP contribution is -2.16. The van der Waals surface area contributed by atoms with Gasteiger partial charge in [0.15, 0.2) is 0 Å². The van der Waals surface area contributed by atoms with E-state index in [9.17, 15) is 0 Å². The van der Waals surface area contributed by atoms with Crippen molar-refractivity contribution in [1.29, 1.82) is 0 Å². The van der Waals surface area contributed by atoms with Crippen LogP contribution in [0.4, 0.5) is 0 Å². The SMILES string of the molecule is CCc1cccc(C(NC)c2sccc2Cl)c1. The molecule has 0 bridgehead atoms. The molecule has 2 aromatic rings. The first-order chi connectivity index (χ1) is 8.26. The lowest BCUT2D eigenvalue weighted by atomic mass is 10.0. The Morgan fingerprint density at radius 1 is 1.35 bits per heavy atom. The van der Waals surface area contributed by atoms with Gasteiger partial charge in [0.2, 0.25) is 0 Å². The molecule has 1 N–H and O–H groups in total. The molecule has 0 spiro atoms. The molecule has 17 heavy (non-hydrogen) atoms. The highest BCUT2D eigenvalue weighted by Crippen LogP contribution is 2.32. The quantitative estimate of drug-likeness (QED) is 0.870. The van der Waals surface area contributed by atoms with Gasteiger partial charge in [0.1, 0.15) is 0 Å². The van der Waals surface area contributed by atoms with Gasteiger partial charge in [-0.25, -0.2) is 0 Å². The number of benzene rings is 1. The largest absolute Gasteiger partial charge is 0.309 e. The fourth-order valence-corrected chi connectivity index (χ4v) is 3.25. The minimum absolute atomic E-state index is 0.189. The lowest BCUT2D eigenvalue weighted by Gasteiger charge is -2.16. The van der Waals surface area contributed by atoms with Crippen molar-refractivity contribution in [3.8, 4) is 0 Å². The molecule has 1 atom stereocenters. The Labute approximate surface area is 111 Å². The van der Waals surface area contributed by atoms with Crippen LogP contribution in [0.5, 0.6) is 0 Å². The zero-order valence-electron chi connectivity index (χ0n) is 10.0. The van der Waals surface area contributed by atoms with E-state index in [-0.39, 0.29) is 6.04 Å². The molecule has 0 aliphatic carbocycles. The molecule has 0 saturated carbocycles. The molecule has 1 heterocycles. The van der Waals surface area contributed by atoms with Crippen LogP contribution in [0.15, 0.2) is 35.7 Å². The van der Waals surface area contributed by atoms with Crippen molar-refractivity contribution in [2.75, 3.05) is 7.05 Å². The molecular formula is C14H16ClNS. The number of aryl methyl sites for hydroxylation is 1. The molecule has 0 saturated heterocycles. The van der Waals surface area contributed by atoms with E-state index in [1.165, 1.54) is 16.0 Å². The highest BCUT2D eigenvalue weighted by molar-refractivity contribution is 7.10. The summed E-state index contributed by atoms with van der Waals surface area (Å²) in [7, 11) is 1.97. The first-order valence-corrected chi connectivity index (χ1v) is 7.01. The van der Waals surface area contributed by atoms with Gasteiger partial charge >= 0.3 is 0 Å². The smallest absolute Gasteiger partial charge is 0.0683 e. The summed E-state index contributed by atoms with van der Waals surface area (Å²) in [6.07, 6.45) is 1.06. The average Bonchev–Trinajstić information content (AvgIpc) is 2.77. The number of hydrogen-bond donors (Lipinski definition) is 1. The molecule has 2 rings (SSSR count). The maximum atomic E-state index is 6.21. The van der Waals surface area contributed by atoms with Crippen molar-refractivity contribution >= 4 is 22.9 Å². The summed E-state index contributed by atoms with van der Waals surface area (Å²) in [6, 6.07) is 10.8. The Bertz CT molecular complexity index is 492. The van der Waals surface area contributed by atoms with Crippen LogP contribution in [0, 0.1) is 0 Å². The van der Waals surface area contributed by atoms with Crippen LogP contribution < -0.4 is 5.32 Å². The number of thiophene rings is 1. The van der Waals surface area contributed by atoms with Crippen molar-refractivity contribution in [2.24, 2.45) is 0 Å². The van der Waals surface area contributed by atoms with E-state index < -0.39 is 0 Å². The first kappa shape index (κ1) is 12.6. The number of hydrogen-bond acceptors (Lipinski definition) is 2. The first-order valence-electron chi connectivity index (χ1n) is 5.75. The van der Waals surface area contributed by atoms with Gasteiger partial charge in [-0.3, -0.25) is 0 Å². The zero-order valence-corrected chi connectivity index (χ0v) is 11.6. The third kappa shape index (κ3) is 2.71. The minimum Gasteiger partial charge on any atom is -0.309 e. The number of nitrogens with one attached hydrogen (secondary N) is 1. The van der Waals surface area contributed by atoms with E-state index in [1.807, 2.05) is 18.5 Å². The maximum absolute atomic E-state index is 6.21. The van der Waals surface area contributed by atoms with E-state index in [0.717, 1.165) is 11.4 Å². The van der Waals surface area contributed by atoms with Crippen LogP contribution in [-0.2, 0) is 6.42 Å². The van der Waals surface area contributed by atoms with Gasteiger partial charge in [-0.1, -0.05) is 42.8 Å². The van der Waals surface area contributed by atoms with Gasteiger partial charge < -0.3 is 5.32 Å². The summed E-state index contributed by atoms with van der Waals surface area (Å²) in [4.78, 5) is 1.18. The van der Waals surface area contributed by atoms with Gasteiger partial charge in [0.05, 0.1) is 11.1 Å². The van der Waals surface area contributed by atoms with Gasteiger partial charge in [0, 0.05) is 4.88 Å². The molecule has 90 valence electrons. The van der Waals surface area contributed by atoms with Gasteiger partial charge in [-0.2, -0.15) is 0 Å². The van der Waals surface area contributed by atoms with Crippen molar-refractivity contribution < 1.29 is 0 Å². The fraction of sp³-hybridized carbons (Fsp3) is 0.286. The van der Waals surface area contributed by atoms with Crippen LogP contribution in [0.25, 0.3) is 0 Å². The Hall–Kier alpha value is -0.830. The standard InChI is InChI=1S/C14H16ClNS/c1-3-10-5-4-6-11(9-10)13(16-2)14-12(15)7-8-17-14/h4-9,13,16H,3H2,1-2H3. The second kappa shape index (κ2) is 5.67. The van der Waals surface area contributed by atoms with E-state index >= 15 is 0 Å². The number of halogens is 1. The molecule has 0 amide bonds. The van der Waals surface area contributed by atoms with Crippen LogP contribution in [0.3, 0.4) is 0 Å². The van der Waals surface area contributed by atoms with E-state index in [4.69, 9.17) is 11.6 Å². The second-order valence-corrected chi connectivity index (χ2v) is 5.31. The Morgan fingerprint density at radius 3 is 2.76 bits per heavy atom. The average molecular weight is 266 g/mol. The highest BCUT2D eigenvalue weighted by atomic mass is 35.5. The van der Waals surface area contributed by atoms with Gasteiger partial charge in [0.25, 0.3) is 0 Å². The topological polar surface area (TPSA) is 12.0 Å². The van der Waals surface area contributed by atoms with Gasteiger partial charge in [-0.15, -0.1) is 11.3 Å². The molecule has 0 fully saturated rings. The fourth-order valence-electron chi connectivity index (χ4n) is 1.95. The summed E-state index contributed by atoms with van der Waals surface area (Å²) in [5, 5.41) is 6.22. The maximum Gasteiger partial charge on any atom is 0.0683 e. The zero-order chi connectivity index (χ0) is 12.3. The van der Waals surface area contributed by atoms with Crippen LogP contribution in [0.2, 0.25) is 5.02 Å². The van der Waals surface area contributed by atoms with E-state index in [2.05, 4.69) is 36.5 Å². The highest BCUT2D eigenvalue weighted by Gasteiger charge is 2.16. The summed E-state index contributed by atoms with van der Waals surface area (Å²) in [5.74, 6) is 0. The van der Waals surface area contributed by atoms with Crippen molar-refractivity contribution in [2.45, 2.75) is 19.4 Å². The summed E-state index contributed by atoms with van der Waals surface area (Å²) < 4.78 is 0. The molecule has 0 radical (unpaired) electrons. The Morgan fingerprint density at radius 2 is 2.18 bits per heavy atom. The summed E-state index contributed by atoms with van der Waals surface area (Å²) in [6.45, 7) is 2.17. The Balaban J connectivity index is 2.38. The van der Waals surface area contributed by atoms with Gasteiger partial charge in [-0.05, 0) is 36.0 Å². The normalized spacial score (nSPS) is 12.6. The van der Waals surface area contributed by atoms with Crippen LogP contribution in [-0.4, -0.2) is 7.05 Å². The second-order valence-electron chi connectivity index (χ2n) is 3.95. The third-order valence-electron chi connectivity index (χ3n) is 2.89. The van der Waals surface area contributed by atoms with Crippen molar-refractivity contribution in [1.82, 2.24) is 5.32 Å². The minimum atomic E-state index is 0.189. The molecule has 3 heteroatoms. The van der Waals surface area contributed by atoms with E-state index in [1.54, 1.807) is 11.3 Å². The van der Waals surface area contributed by atoms with Crippen LogP contribution >= 0.6 is 22.9 Å². The predicted octanol–water partition coefficient (Wildman–Crippen LogP) is 4.27.